The van der Waals surface area contributed by atoms with Gasteiger partial charge in [0.05, 0.1) is 0 Å². The minimum atomic E-state index is -0.796. The second-order valence-corrected chi connectivity index (χ2v) is 5.36. The molecule has 2 unspecified atom stereocenters. The predicted molar refractivity (Wildman–Crippen MR) is 70.5 cm³/mol. The van der Waals surface area contributed by atoms with E-state index in [2.05, 4.69) is 10.6 Å². The molecular weight excluding hydrogens is 240 g/mol. The van der Waals surface area contributed by atoms with Crippen LogP contribution in [0.15, 0.2) is 0 Å². The van der Waals surface area contributed by atoms with Crippen LogP contribution in [-0.2, 0) is 4.79 Å². The quantitative estimate of drug-likeness (QED) is 0.622. The Hall–Kier alpha value is -0.910. The molecule has 17 heavy (non-hydrogen) atoms. The first-order chi connectivity index (χ1) is 7.95. The van der Waals surface area contributed by atoms with Crippen molar-refractivity contribution in [2.45, 2.75) is 44.4 Å². The molecule has 0 aromatic heterocycles. The van der Waals surface area contributed by atoms with Gasteiger partial charge in [0.2, 0.25) is 0 Å². The van der Waals surface area contributed by atoms with Gasteiger partial charge in [0.15, 0.2) is 0 Å². The van der Waals surface area contributed by atoms with Gasteiger partial charge < -0.3 is 15.7 Å². The summed E-state index contributed by atoms with van der Waals surface area (Å²) in [6, 6.07) is -0.187. The van der Waals surface area contributed by atoms with Crippen molar-refractivity contribution in [2.24, 2.45) is 0 Å². The molecule has 0 radical (unpaired) electrons. The third-order valence-electron chi connectivity index (χ3n) is 2.36. The first-order valence-corrected chi connectivity index (χ1v) is 7.03. The summed E-state index contributed by atoms with van der Waals surface area (Å²) in [7, 11) is 0. The topological polar surface area (TPSA) is 78.4 Å². The van der Waals surface area contributed by atoms with Gasteiger partial charge in [-0.2, -0.15) is 11.8 Å². The molecule has 0 fully saturated rings. The van der Waals surface area contributed by atoms with Crippen LogP contribution in [0.25, 0.3) is 0 Å². The Morgan fingerprint density at radius 2 is 2.00 bits per heavy atom. The second kappa shape index (κ2) is 9.15. The van der Waals surface area contributed by atoms with Crippen molar-refractivity contribution in [2.75, 3.05) is 12.8 Å². The van der Waals surface area contributed by atoms with Crippen LogP contribution in [0.4, 0.5) is 4.79 Å². The fourth-order valence-corrected chi connectivity index (χ4v) is 1.48. The molecule has 0 aromatic carbocycles. The number of hydrogen-bond donors (Lipinski definition) is 3. The lowest BCUT2D eigenvalue weighted by molar-refractivity contribution is -0.137. The van der Waals surface area contributed by atoms with E-state index in [-0.39, 0.29) is 18.5 Å². The molecule has 0 aliphatic carbocycles. The Morgan fingerprint density at radius 3 is 2.53 bits per heavy atom. The van der Waals surface area contributed by atoms with Crippen LogP contribution in [0.1, 0.15) is 33.1 Å². The Bertz CT molecular complexity index is 249. The maximum Gasteiger partial charge on any atom is 0.315 e. The molecule has 5 nitrogen and oxygen atoms in total. The molecule has 0 aliphatic rings. The zero-order chi connectivity index (χ0) is 13.3. The van der Waals surface area contributed by atoms with Crippen molar-refractivity contribution in [3.05, 3.63) is 0 Å². The van der Waals surface area contributed by atoms with Crippen LogP contribution < -0.4 is 10.6 Å². The zero-order valence-corrected chi connectivity index (χ0v) is 11.5. The Labute approximate surface area is 107 Å². The lowest BCUT2D eigenvalue weighted by atomic mass is 10.1. The van der Waals surface area contributed by atoms with Crippen molar-refractivity contribution < 1.29 is 14.7 Å². The van der Waals surface area contributed by atoms with Gasteiger partial charge in [0, 0.05) is 24.3 Å². The van der Waals surface area contributed by atoms with Gasteiger partial charge in [0.1, 0.15) is 0 Å². The fourth-order valence-electron chi connectivity index (χ4n) is 1.23. The minimum Gasteiger partial charge on any atom is -0.481 e. The van der Waals surface area contributed by atoms with E-state index < -0.39 is 5.97 Å². The van der Waals surface area contributed by atoms with Crippen molar-refractivity contribution in [1.29, 1.82) is 0 Å². The SMILES string of the molecule is CSC(C)CNC(=O)NC(C)CCCC(=O)O. The van der Waals surface area contributed by atoms with Crippen LogP contribution >= 0.6 is 11.8 Å². The molecule has 100 valence electrons. The molecule has 0 rings (SSSR count). The standard InChI is InChI=1S/C11H22N2O3S/c1-8(5-4-6-10(14)15)13-11(16)12-7-9(2)17-3/h8-9H,4-7H2,1-3H3,(H,14,15)(H2,12,13,16). The van der Waals surface area contributed by atoms with Gasteiger partial charge in [-0.05, 0) is 26.0 Å². The molecular formula is C11H22N2O3S. The number of carboxylic acid groups (broad SMARTS) is 1. The average Bonchev–Trinajstić information content (AvgIpc) is 2.25. The van der Waals surface area contributed by atoms with Gasteiger partial charge in [-0.1, -0.05) is 6.92 Å². The molecule has 0 heterocycles. The number of aliphatic carboxylic acids is 1. The van der Waals surface area contributed by atoms with E-state index >= 15 is 0 Å². The number of carboxylic acids is 1. The number of rotatable bonds is 8. The average molecular weight is 262 g/mol. The highest BCUT2D eigenvalue weighted by molar-refractivity contribution is 7.99. The maximum atomic E-state index is 11.4. The fraction of sp³-hybridized carbons (Fsp3) is 0.818. The van der Waals surface area contributed by atoms with Crippen LogP contribution in [0.2, 0.25) is 0 Å². The molecule has 3 N–H and O–H groups in total. The van der Waals surface area contributed by atoms with Crippen LogP contribution in [0.5, 0.6) is 0 Å². The van der Waals surface area contributed by atoms with Crippen molar-refractivity contribution >= 4 is 23.8 Å². The number of carbonyl (C=O) groups is 2. The molecule has 0 aromatic rings. The number of hydrogen-bond acceptors (Lipinski definition) is 3. The summed E-state index contributed by atoms with van der Waals surface area (Å²) in [6.07, 6.45) is 3.41. The van der Waals surface area contributed by atoms with Crippen LogP contribution in [0.3, 0.4) is 0 Å². The summed E-state index contributed by atoms with van der Waals surface area (Å²) in [5.74, 6) is -0.796. The van der Waals surface area contributed by atoms with E-state index in [4.69, 9.17) is 5.11 Å². The lowest BCUT2D eigenvalue weighted by Gasteiger charge is -2.15. The Balaban J connectivity index is 3.62. The molecule has 0 saturated carbocycles. The third kappa shape index (κ3) is 9.99. The molecule has 6 heteroatoms. The van der Waals surface area contributed by atoms with E-state index in [0.29, 0.717) is 24.6 Å². The lowest BCUT2D eigenvalue weighted by Crippen LogP contribution is -2.42. The first-order valence-electron chi connectivity index (χ1n) is 5.74. The highest BCUT2D eigenvalue weighted by Gasteiger charge is 2.08. The Morgan fingerprint density at radius 1 is 1.35 bits per heavy atom. The van der Waals surface area contributed by atoms with Crippen LogP contribution in [-0.4, -0.2) is 41.2 Å². The second-order valence-electron chi connectivity index (χ2n) is 4.09. The van der Waals surface area contributed by atoms with E-state index in [1.54, 1.807) is 11.8 Å². The summed E-state index contributed by atoms with van der Waals surface area (Å²) in [5.41, 5.74) is 0. The third-order valence-corrected chi connectivity index (χ3v) is 3.33. The number of thioether (sulfide) groups is 1. The monoisotopic (exact) mass is 262 g/mol. The molecule has 2 amide bonds. The van der Waals surface area contributed by atoms with Crippen molar-refractivity contribution in [1.82, 2.24) is 10.6 Å². The Kier molecular flexibility index (Phi) is 8.66. The van der Waals surface area contributed by atoms with E-state index in [0.717, 1.165) is 0 Å². The minimum absolute atomic E-state index is 0.000985. The maximum absolute atomic E-state index is 11.4. The van der Waals surface area contributed by atoms with Gasteiger partial charge in [-0.3, -0.25) is 4.79 Å². The molecule has 0 bridgehead atoms. The molecule has 0 aliphatic heterocycles. The summed E-state index contributed by atoms with van der Waals surface area (Å²) >= 11 is 1.69. The summed E-state index contributed by atoms with van der Waals surface area (Å²) in [4.78, 5) is 21.7. The highest BCUT2D eigenvalue weighted by atomic mass is 32.2. The van der Waals surface area contributed by atoms with E-state index in [1.807, 2.05) is 20.1 Å². The van der Waals surface area contributed by atoms with Gasteiger partial charge in [0.25, 0.3) is 0 Å². The molecule has 2 atom stereocenters. The summed E-state index contributed by atoms with van der Waals surface area (Å²) in [5, 5.41) is 14.4. The van der Waals surface area contributed by atoms with Gasteiger partial charge in [-0.15, -0.1) is 0 Å². The number of urea groups is 1. The van der Waals surface area contributed by atoms with Gasteiger partial charge in [-0.25, -0.2) is 4.79 Å². The van der Waals surface area contributed by atoms with E-state index in [1.165, 1.54) is 0 Å². The normalized spacial score (nSPS) is 13.8. The largest absolute Gasteiger partial charge is 0.481 e. The number of amides is 2. The van der Waals surface area contributed by atoms with Gasteiger partial charge >= 0.3 is 12.0 Å². The van der Waals surface area contributed by atoms with Crippen molar-refractivity contribution in [3.63, 3.8) is 0 Å². The van der Waals surface area contributed by atoms with Crippen LogP contribution in [0, 0.1) is 0 Å². The zero-order valence-electron chi connectivity index (χ0n) is 10.7. The van der Waals surface area contributed by atoms with Crippen molar-refractivity contribution in [3.8, 4) is 0 Å². The highest BCUT2D eigenvalue weighted by Crippen LogP contribution is 2.03. The molecule has 0 saturated heterocycles. The number of nitrogens with one attached hydrogen (secondary N) is 2. The predicted octanol–water partition coefficient (Wildman–Crippen LogP) is 1.68. The number of carbonyl (C=O) groups excluding carboxylic acids is 1. The van der Waals surface area contributed by atoms with E-state index in [9.17, 15) is 9.59 Å². The smallest absolute Gasteiger partial charge is 0.315 e. The summed E-state index contributed by atoms with van der Waals surface area (Å²) < 4.78 is 0. The summed E-state index contributed by atoms with van der Waals surface area (Å²) in [6.45, 7) is 4.55. The first kappa shape index (κ1) is 16.1. The molecule has 0 spiro atoms.